The number of hydrogen-bond donors (Lipinski definition) is 3. The maximum atomic E-state index is 14.1. The largest absolute Gasteiger partial charge is 0.328 e. The summed E-state index contributed by atoms with van der Waals surface area (Å²) in [4.78, 5) is 16.0. The molecule has 0 bridgehead atoms. The van der Waals surface area contributed by atoms with E-state index in [0.29, 0.717) is 17.2 Å². The van der Waals surface area contributed by atoms with Crippen molar-refractivity contribution in [1.82, 2.24) is 20.5 Å². The molecule has 0 spiro atoms. The minimum atomic E-state index is -3.42. The van der Waals surface area contributed by atoms with Crippen LogP contribution in [0, 0.1) is 5.92 Å². The van der Waals surface area contributed by atoms with Crippen molar-refractivity contribution >= 4 is 22.9 Å². The first-order valence-corrected chi connectivity index (χ1v) is 7.30. The predicted octanol–water partition coefficient (Wildman–Crippen LogP) is 1.72. The van der Waals surface area contributed by atoms with E-state index >= 15 is 0 Å². The third-order valence-corrected chi connectivity index (χ3v) is 4.20. The number of thiazole rings is 1. The molecule has 2 aromatic rings. The molecule has 0 radical (unpaired) electrons. The van der Waals surface area contributed by atoms with Gasteiger partial charge in [-0.05, 0) is 13.0 Å². The number of anilines is 1. The molecule has 6 nitrogen and oxygen atoms in total. The van der Waals surface area contributed by atoms with Crippen LogP contribution in [0.4, 0.5) is 14.5 Å². The Morgan fingerprint density at radius 2 is 2.38 bits per heavy atom. The van der Waals surface area contributed by atoms with E-state index in [1.807, 2.05) is 0 Å². The number of hydrogen-bond acceptors (Lipinski definition) is 5. The van der Waals surface area contributed by atoms with Gasteiger partial charge in [-0.2, -0.15) is 13.9 Å². The van der Waals surface area contributed by atoms with E-state index in [2.05, 4.69) is 25.8 Å². The highest BCUT2D eigenvalue weighted by molar-refractivity contribution is 7.13. The molecule has 1 aliphatic rings. The fourth-order valence-electron chi connectivity index (χ4n) is 2.25. The van der Waals surface area contributed by atoms with Gasteiger partial charge in [-0.25, -0.2) is 4.98 Å². The molecule has 1 unspecified atom stereocenters. The Kier molecular flexibility index (Phi) is 3.68. The lowest BCUT2D eigenvalue weighted by Crippen LogP contribution is -2.42. The zero-order chi connectivity index (χ0) is 14.9. The summed E-state index contributed by atoms with van der Waals surface area (Å²) < 4.78 is 28.2. The van der Waals surface area contributed by atoms with Gasteiger partial charge in [-0.1, -0.05) is 0 Å². The number of aromatic nitrogens is 3. The van der Waals surface area contributed by atoms with Crippen LogP contribution >= 0.6 is 11.3 Å². The Labute approximate surface area is 123 Å². The summed E-state index contributed by atoms with van der Waals surface area (Å²) in [5.74, 6) is -5.70. The standard InChI is InChI=1S/C12H13F2N5OS/c13-12(14,7-1-2-15-5-7)11(20)18-8-6-17-19-9(8)10-16-3-4-21-10/h3-4,6-7,15H,1-2,5H2,(H,17,19)(H,18,20). The minimum absolute atomic E-state index is 0.144. The van der Waals surface area contributed by atoms with Crippen LogP contribution in [-0.4, -0.2) is 40.1 Å². The second-order valence-electron chi connectivity index (χ2n) is 4.76. The molecule has 0 saturated carbocycles. The second-order valence-corrected chi connectivity index (χ2v) is 5.66. The zero-order valence-electron chi connectivity index (χ0n) is 10.9. The Bertz CT molecular complexity index is 621. The molecule has 3 N–H and O–H groups in total. The van der Waals surface area contributed by atoms with Gasteiger partial charge < -0.3 is 10.6 Å². The first-order valence-electron chi connectivity index (χ1n) is 6.42. The van der Waals surface area contributed by atoms with Crippen LogP contribution in [0.15, 0.2) is 17.8 Å². The Morgan fingerprint density at radius 1 is 1.52 bits per heavy atom. The SMILES string of the molecule is O=C(Nc1cn[nH]c1-c1nccs1)C(F)(F)C1CCNC1. The monoisotopic (exact) mass is 313 g/mol. The lowest BCUT2D eigenvalue weighted by Gasteiger charge is -2.21. The molecule has 0 aliphatic carbocycles. The molecule has 9 heteroatoms. The first kappa shape index (κ1) is 14.1. The Balaban J connectivity index is 1.78. The quantitative estimate of drug-likeness (QED) is 0.802. The summed E-state index contributed by atoms with van der Waals surface area (Å²) in [5.41, 5.74) is 0.638. The number of nitrogens with zero attached hydrogens (tertiary/aromatic N) is 2. The lowest BCUT2D eigenvalue weighted by molar-refractivity contribution is -0.146. The van der Waals surface area contributed by atoms with Gasteiger partial charge in [0.25, 0.3) is 5.91 Å². The molecule has 1 amide bonds. The van der Waals surface area contributed by atoms with Gasteiger partial charge in [0.05, 0.1) is 11.9 Å². The number of carbonyl (C=O) groups excluding carboxylic acids is 1. The average Bonchev–Trinajstić information content (AvgIpc) is 3.20. The molecule has 1 fully saturated rings. The molecular weight excluding hydrogens is 300 g/mol. The van der Waals surface area contributed by atoms with E-state index in [0.717, 1.165) is 0 Å². The number of carbonyl (C=O) groups is 1. The minimum Gasteiger partial charge on any atom is -0.318 e. The maximum Gasteiger partial charge on any atom is 0.328 e. The highest BCUT2D eigenvalue weighted by Gasteiger charge is 2.48. The van der Waals surface area contributed by atoms with Crippen molar-refractivity contribution < 1.29 is 13.6 Å². The van der Waals surface area contributed by atoms with Gasteiger partial charge >= 0.3 is 5.92 Å². The zero-order valence-corrected chi connectivity index (χ0v) is 11.7. The van der Waals surface area contributed by atoms with E-state index in [4.69, 9.17) is 0 Å². The molecular formula is C12H13F2N5OS. The van der Waals surface area contributed by atoms with Gasteiger partial charge in [0.15, 0.2) is 0 Å². The molecule has 0 aromatic carbocycles. The highest BCUT2D eigenvalue weighted by Crippen LogP contribution is 2.32. The number of halogens is 2. The molecule has 1 saturated heterocycles. The van der Waals surface area contributed by atoms with E-state index in [-0.39, 0.29) is 18.7 Å². The van der Waals surface area contributed by atoms with Crippen LogP contribution in [0.25, 0.3) is 10.7 Å². The normalized spacial score (nSPS) is 18.9. The number of nitrogens with one attached hydrogen (secondary N) is 3. The lowest BCUT2D eigenvalue weighted by atomic mass is 10.00. The molecule has 3 heterocycles. The van der Waals surface area contributed by atoms with Crippen LogP contribution in [0.1, 0.15) is 6.42 Å². The molecule has 21 heavy (non-hydrogen) atoms. The maximum absolute atomic E-state index is 14.1. The van der Waals surface area contributed by atoms with E-state index in [9.17, 15) is 13.6 Å². The third-order valence-electron chi connectivity index (χ3n) is 3.41. The van der Waals surface area contributed by atoms with Crippen molar-refractivity contribution in [3.63, 3.8) is 0 Å². The van der Waals surface area contributed by atoms with Crippen molar-refractivity contribution in [3.05, 3.63) is 17.8 Å². The van der Waals surface area contributed by atoms with Crippen molar-refractivity contribution in [2.45, 2.75) is 12.3 Å². The number of alkyl halides is 2. The van der Waals surface area contributed by atoms with Gasteiger partial charge in [0.2, 0.25) is 0 Å². The number of H-pyrrole nitrogens is 1. The van der Waals surface area contributed by atoms with Crippen molar-refractivity contribution in [2.24, 2.45) is 5.92 Å². The fourth-order valence-corrected chi connectivity index (χ4v) is 2.89. The Morgan fingerprint density at radius 3 is 3.05 bits per heavy atom. The first-order chi connectivity index (χ1) is 10.1. The summed E-state index contributed by atoms with van der Waals surface area (Å²) in [6, 6.07) is 0. The van der Waals surface area contributed by atoms with E-state index < -0.39 is 17.7 Å². The summed E-state index contributed by atoms with van der Waals surface area (Å²) in [6.07, 6.45) is 3.17. The summed E-state index contributed by atoms with van der Waals surface area (Å²) in [7, 11) is 0. The van der Waals surface area contributed by atoms with Crippen LogP contribution in [0.2, 0.25) is 0 Å². The molecule has 1 aliphatic heterocycles. The van der Waals surface area contributed by atoms with Crippen LogP contribution in [-0.2, 0) is 4.79 Å². The number of aromatic amines is 1. The topological polar surface area (TPSA) is 82.7 Å². The second kappa shape index (κ2) is 5.49. The van der Waals surface area contributed by atoms with Crippen LogP contribution < -0.4 is 10.6 Å². The van der Waals surface area contributed by atoms with Crippen molar-refractivity contribution in [3.8, 4) is 10.7 Å². The average molecular weight is 313 g/mol. The molecule has 2 aromatic heterocycles. The smallest absolute Gasteiger partial charge is 0.318 e. The predicted molar refractivity (Wildman–Crippen MR) is 74.2 cm³/mol. The van der Waals surface area contributed by atoms with Gasteiger partial charge in [-0.3, -0.25) is 9.89 Å². The van der Waals surface area contributed by atoms with Gasteiger partial charge in [0, 0.05) is 24.0 Å². The molecule has 112 valence electrons. The van der Waals surface area contributed by atoms with E-state index in [1.165, 1.54) is 17.5 Å². The van der Waals surface area contributed by atoms with Crippen LogP contribution in [0.3, 0.4) is 0 Å². The fraction of sp³-hybridized carbons (Fsp3) is 0.417. The highest BCUT2D eigenvalue weighted by atomic mass is 32.1. The summed E-state index contributed by atoms with van der Waals surface area (Å²) in [5, 5.41) is 13.9. The van der Waals surface area contributed by atoms with E-state index in [1.54, 1.807) is 11.6 Å². The number of amides is 1. The third kappa shape index (κ3) is 2.66. The number of rotatable bonds is 4. The van der Waals surface area contributed by atoms with Gasteiger partial charge in [0.1, 0.15) is 10.7 Å². The van der Waals surface area contributed by atoms with Crippen LogP contribution in [0.5, 0.6) is 0 Å². The Hall–Kier alpha value is -1.87. The van der Waals surface area contributed by atoms with Gasteiger partial charge in [-0.15, -0.1) is 11.3 Å². The molecule has 1 atom stereocenters. The summed E-state index contributed by atoms with van der Waals surface area (Å²) in [6.45, 7) is 0.648. The summed E-state index contributed by atoms with van der Waals surface area (Å²) >= 11 is 1.32. The van der Waals surface area contributed by atoms with Crippen molar-refractivity contribution in [1.29, 1.82) is 0 Å². The molecule has 3 rings (SSSR count). The van der Waals surface area contributed by atoms with Crippen molar-refractivity contribution in [2.75, 3.05) is 18.4 Å².